The fraction of sp³-hybridized carbons (Fsp3) is 0.556. The summed E-state index contributed by atoms with van der Waals surface area (Å²) in [6.07, 6.45) is 3.89. The van der Waals surface area contributed by atoms with Crippen molar-refractivity contribution in [2.75, 3.05) is 26.9 Å². The van der Waals surface area contributed by atoms with Crippen LogP contribution in [0.4, 0.5) is 0 Å². The largest absolute Gasteiger partial charge is 0.491 e. The zero-order valence-corrected chi connectivity index (χ0v) is 21.3. The maximum Gasteiger partial charge on any atom is 0.242 e. The van der Waals surface area contributed by atoms with E-state index >= 15 is 0 Å². The Balaban J connectivity index is 0.00000361. The van der Waals surface area contributed by atoms with Gasteiger partial charge in [-0.05, 0) is 61.8 Å². The first-order valence-electron chi connectivity index (χ1n) is 12.2. The van der Waals surface area contributed by atoms with Crippen molar-refractivity contribution in [3.63, 3.8) is 0 Å². The van der Waals surface area contributed by atoms with Gasteiger partial charge in [0, 0.05) is 23.8 Å². The number of ketones is 1. The lowest BCUT2D eigenvalue weighted by Gasteiger charge is -2.21. The molecule has 0 fully saturated rings. The molecule has 0 radical (unpaired) electrons. The van der Waals surface area contributed by atoms with Crippen LogP contribution in [0.2, 0.25) is 0 Å². The molecule has 9 heteroatoms. The van der Waals surface area contributed by atoms with Gasteiger partial charge in [0.25, 0.3) is 0 Å². The predicted octanol–water partition coefficient (Wildman–Crippen LogP) is 4.13. The van der Waals surface area contributed by atoms with Gasteiger partial charge in [-0.25, -0.2) is 4.68 Å². The van der Waals surface area contributed by atoms with Gasteiger partial charge in [-0.1, -0.05) is 28.2 Å². The van der Waals surface area contributed by atoms with Crippen LogP contribution in [0.5, 0.6) is 11.6 Å². The molecule has 0 amide bonds. The number of nitrogens with one attached hydrogen (secondary N) is 1. The summed E-state index contributed by atoms with van der Waals surface area (Å²) in [5, 5.41) is 17.9. The first kappa shape index (κ1) is 27.4. The quantitative estimate of drug-likeness (QED) is 0.352. The van der Waals surface area contributed by atoms with E-state index in [4.69, 9.17) is 19.6 Å². The van der Waals surface area contributed by atoms with Crippen LogP contribution >= 0.6 is 0 Å². The molecule has 2 aromatic heterocycles. The third kappa shape index (κ3) is 5.61. The smallest absolute Gasteiger partial charge is 0.242 e. The van der Waals surface area contributed by atoms with Gasteiger partial charge in [0.15, 0.2) is 11.4 Å². The van der Waals surface area contributed by atoms with E-state index in [2.05, 4.69) is 31.0 Å². The minimum absolute atomic E-state index is 0. The summed E-state index contributed by atoms with van der Waals surface area (Å²) >= 11 is 0. The highest BCUT2D eigenvalue weighted by atomic mass is 16.5. The Morgan fingerprint density at radius 2 is 1.78 bits per heavy atom. The third-order valence-electron chi connectivity index (χ3n) is 6.27. The van der Waals surface area contributed by atoms with E-state index in [0.29, 0.717) is 42.7 Å². The number of carbonyl (C=O) groups is 1. The van der Waals surface area contributed by atoms with Crippen molar-refractivity contribution in [3.05, 3.63) is 46.1 Å². The summed E-state index contributed by atoms with van der Waals surface area (Å²) in [5.74, 6) is 1.05. The highest BCUT2D eigenvalue weighted by Gasteiger charge is 2.24. The van der Waals surface area contributed by atoms with E-state index in [1.54, 1.807) is 13.2 Å². The Bertz CT molecular complexity index is 1290. The van der Waals surface area contributed by atoms with Crippen molar-refractivity contribution in [1.82, 2.24) is 19.4 Å². The van der Waals surface area contributed by atoms with Crippen LogP contribution in [-0.2, 0) is 29.5 Å². The summed E-state index contributed by atoms with van der Waals surface area (Å²) in [5.41, 5.74) is 4.19. The van der Waals surface area contributed by atoms with Gasteiger partial charge in [-0.15, -0.1) is 10.2 Å². The number of carbonyl (C=O) groups excluding carboxylic acids is 1. The number of ether oxygens (including phenoxy) is 3. The summed E-state index contributed by atoms with van der Waals surface area (Å²) < 4.78 is 19.6. The molecule has 0 bridgehead atoms. The molecule has 4 rings (SSSR count). The van der Waals surface area contributed by atoms with Gasteiger partial charge in [0.05, 0.1) is 13.2 Å². The average Bonchev–Trinajstić information content (AvgIpc) is 3.14. The lowest BCUT2D eigenvalue weighted by Crippen LogP contribution is -2.27. The normalized spacial score (nSPS) is 13.2. The number of Topliss-reactive ketones (excluding diaryl/α,β-unsaturated/α-hetero) is 1. The Hall–Kier alpha value is -3.20. The molecule has 0 aliphatic heterocycles. The third-order valence-corrected chi connectivity index (χ3v) is 6.27. The maximum absolute atomic E-state index is 13.4. The molecule has 196 valence electrons. The lowest BCUT2D eigenvalue weighted by molar-refractivity contribution is 0.0964. The second-order valence-electron chi connectivity index (χ2n) is 9.88. The molecule has 0 atom stereocenters. The number of fused-ring (bicyclic) bond motifs is 3. The first-order valence-corrected chi connectivity index (χ1v) is 12.2. The molecular weight excluding hydrogens is 458 g/mol. The fourth-order valence-corrected chi connectivity index (χ4v) is 4.35. The van der Waals surface area contributed by atoms with Gasteiger partial charge in [-0.2, -0.15) is 4.52 Å². The highest BCUT2D eigenvalue weighted by molar-refractivity contribution is 5.96. The number of hydrogen-bond acceptors (Lipinski definition) is 7. The summed E-state index contributed by atoms with van der Waals surface area (Å²) in [6, 6.07) is 5.62. The minimum Gasteiger partial charge on any atom is -0.491 e. The molecule has 0 unspecified atom stereocenters. The number of benzene rings is 1. The second kappa shape index (κ2) is 11.2. The van der Waals surface area contributed by atoms with Crippen molar-refractivity contribution in [3.8, 4) is 11.6 Å². The average molecular weight is 498 g/mol. The number of aromatic nitrogens is 4. The van der Waals surface area contributed by atoms with Crippen molar-refractivity contribution < 1.29 is 19.0 Å². The topological polar surface area (TPSA) is 104 Å². The molecule has 1 aliphatic rings. The van der Waals surface area contributed by atoms with E-state index in [0.717, 1.165) is 42.4 Å². The predicted molar refractivity (Wildman–Crippen MR) is 138 cm³/mol. The molecule has 3 aromatic rings. The number of aryl methyl sites for hydroxylation is 1. The van der Waals surface area contributed by atoms with Gasteiger partial charge < -0.3 is 14.2 Å². The molecule has 0 saturated heterocycles. The van der Waals surface area contributed by atoms with Crippen molar-refractivity contribution >= 4 is 11.4 Å². The first-order chi connectivity index (χ1) is 16.7. The zero-order chi connectivity index (χ0) is 25.2. The maximum atomic E-state index is 13.4. The standard InChI is InChI=1S/C26H35N5O4.CH4/c1-6-34-24-21-10-8-7-9-20(21)23-28-30(25(27)31(23)29-24)16-22(32)17-13-18(26(2,3)4)15-19(14-17)35-12-11-33-5;/h13-15,27H,6-12,16H2,1-5H3;1H4. The minimum atomic E-state index is -0.162. The van der Waals surface area contributed by atoms with E-state index in [9.17, 15) is 4.79 Å². The van der Waals surface area contributed by atoms with Gasteiger partial charge in [0.2, 0.25) is 11.5 Å². The molecule has 36 heavy (non-hydrogen) atoms. The van der Waals surface area contributed by atoms with Gasteiger partial charge in [-0.3, -0.25) is 10.2 Å². The van der Waals surface area contributed by atoms with Crippen molar-refractivity contribution in [1.29, 1.82) is 5.41 Å². The Labute approximate surface area is 212 Å². The van der Waals surface area contributed by atoms with Crippen molar-refractivity contribution in [2.24, 2.45) is 0 Å². The number of methoxy groups -OCH3 is 1. The van der Waals surface area contributed by atoms with Crippen LogP contribution in [0.3, 0.4) is 0 Å². The molecule has 0 spiro atoms. The van der Waals surface area contributed by atoms with E-state index in [1.807, 2.05) is 19.1 Å². The van der Waals surface area contributed by atoms with Crippen molar-refractivity contribution in [2.45, 2.75) is 72.8 Å². The van der Waals surface area contributed by atoms with Gasteiger partial charge >= 0.3 is 0 Å². The van der Waals surface area contributed by atoms with E-state index in [1.165, 1.54) is 9.20 Å². The Morgan fingerprint density at radius 3 is 2.44 bits per heavy atom. The summed E-state index contributed by atoms with van der Waals surface area (Å²) in [6.45, 7) is 9.51. The molecule has 9 nitrogen and oxygen atoms in total. The molecule has 2 heterocycles. The van der Waals surface area contributed by atoms with Crippen LogP contribution in [0.25, 0.3) is 5.65 Å². The van der Waals surface area contributed by atoms with Crippen LogP contribution in [0.1, 0.15) is 75.0 Å². The molecule has 1 aromatic carbocycles. The van der Waals surface area contributed by atoms with E-state index < -0.39 is 0 Å². The van der Waals surface area contributed by atoms with Crippen LogP contribution in [-0.4, -0.2) is 52.1 Å². The molecule has 0 saturated carbocycles. The molecular formula is C27H39N5O4. The Kier molecular flexibility index (Phi) is 8.55. The lowest BCUT2D eigenvalue weighted by atomic mass is 9.85. The molecule has 1 aliphatic carbocycles. The number of rotatable bonds is 9. The fourth-order valence-electron chi connectivity index (χ4n) is 4.35. The van der Waals surface area contributed by atoms with Gasteiger partial charge in [0.1, 0.15) is 18.9 Å². The second-order valence-corrected chi connectivity index (χ2v) is 9.88. The summed E-state index contributed by atoms with van der Waals surface area (Å²) in [4.78, 5) is 13.4. The van der Waals surface area contributed by atoms with Crippen LogP contribution in [0.15, 0.2) is 18.2 Å². The van der Waals surface area contributed by atoms with Crippen LogP contribution in [0, 0.1) is 5.41 Å². The summed E-state index contributed by atoms with van der Waals surface area (Å²) in [7, 11) is 1.62. The molecule has 1 N–H and O–H groups in total. The zero-order valence-electron chi connectivity index (χ0n) is 21.3. The van der Waals surface area contributed by atoms with Crippen LogP contribution < -0.4 is 15.1 Å². The number of nitrogens with zero attached hydrogens (tertiary/aromatic N) is 4. The Morgan fingerprint density at radius 1 is 1.06 bits per heavy atom. The number of hydrogen-bond donors (Lipinski definition) is 1. The SMILES string of the molecule is C.CCOc1nn2c(=N)n(CC(=O)c3cc(OCCOC)cc(C(C)(C)C)c3)nc2c2c1CCCC2. The highest BCUT2D eigenvalue weighted by Crippen LogP contribution is 2.30. The van der Waals surface area contributed by atoms with E-state index in [-0.39, 0.29) is 30.8 Å². The monoisotopic (exact) mass is 497 g/mol.